The van der Waals surface area contributed by atoms with E-state index in [2.05, 4.69) is 14.9 Å². The zero-order valence-electron chi connectivity index (χ0n) is 14.7. The van der Waals surface area contributed by atoms with Gasteiger partial charge in [-0.2, -0.15) is 0 Å². The number of halogens is 1. The van der Waals surface area contributed by atoms with Gasteiger partial charge in [-0.1, -0.05) is 22.9 Å². The van der Waals surface area contributed by atoms with Crippen LogP contribution in [-0.4, -0.2) is 52.7 Å². The molecule has 0 atom stereocenters. The van der Waals surface area contributed by atoms with Crippen molar-refractivity contribution in [1.29, 1.82) is 0 Å². The number of anilines is 1. The average Bonchev–Trinajstić information content (AvgIpc) is 3.14. The summed E-state index contributed by atoms with van der Waals surface area (Å²) in [5.74, 6) is 1.01. The predicted octanol–water partition coefficient (Wildman–Crippen LogP) is 4.18. The third kappa shape index (κ3) is 4.54. The van der Waals surface area contributed by atoms with Gasteiger partial charge in [0.05, 0.1) is 0 Å². The molecule has 1 fully saturated rings. The third-order valence-electron chi connectivity index (χ3n) is 4.46. The van der Waals surface area contributed by atoms with Crippen molar-refractivity contribution in [2.75, 3.05) is 36.8 Å². The summed E-state index contributed by atoms with van der Waals surface area (Å²) in [7, 11) is 0. The topological polar surface area (TPSA) is 49.3 Å². The normalized spacial score (nSPS) is 14.7. The van der Waals surface area contributed by atoms with E-state index in [1.807, 2.05) is 41.3 Å². The zero-order valence-corrected chi connectivity index (χ0v) is 17.1. The van der Waals surface area contributed by atoms with Crippen LogP contribution in [0.3, 0.4) is 0 Å². The van der Waals surface area contributed by atoms with Crippen LogP contribution in [0.1, 0.15) is 6.42 Å². The molecule has 1 saturated heterocycles. The maximum atomic E-state index is 12.5. The van der Waals surface area contributed by atoms with E-state index in [-0.39, 0.29) is 5.91 Å². The highest BCUT2D eigenvalue weighted by Crippen LogP contribution is 2.28. The molecule has 27 heavy (non-hydrogen) atoms. The molecule has 1 amide bonds. The minimum atomic E-state index is 0.224. The number of fused-ring (bicyclic) bond motifs is 1. The summed E-state index contributed by atoms with van der Waals surface area (Å²) in [5, 5.41) is 1.73. The van der Waals surface area contributed by atoms with Crippen LogP contribution in [0.25, 0.3) is 10.3 Å². The molecule has 0 aliphatic carbocycles. The van der Waals surface area contributed by atoms with E-state index >= 15 is 0 Å². The van der Waals surface area contributed by atoms with Crippen LogP contribution in [0.5, 0.6) is 0 Å². The number of thioether (sulfide) groups is 1. The van der Waals surface area contributed by atoms with Crippen molar-refractivity contribution in [2.45, 2.75) is 11.3 Å². The second-order valence-corrected chi connectivity index (χ2v) is 8.81. The standard InChI is InChI=1S/C19H19ClN4OS2/c20-14-3-5-15(6-4-14)26-13-7-17(25)23-9-11-24(12-10-23)19-22-16-2-1-8-21-18(16)27-19/h1-6,8H,7,9-13H2. The molecular formula is C19H19ClN4OS2. The number of pyridine rings is 1. The average molecular weight is 419 g/mol. The van der Waals surface area contributed by atoms with Gasteiger partial charge >= 0.3 is 0 Å². The number of piperazine rings is 1. The lowest BCUT2D eigenvalue weighted by atomic mass is 10.3. The van der Waals surface area contributed by atoms with Gasteiger partial charge in [-0.05, 0) is 36.4 Å². The van der Waals surface area contributed by atoms with Gasteiger partial charge in [-0.25, -0.2) is 9.97 Å². The molecule has 3 aromatic rings. The smallest absolute Gasteiger partial charge is 0.223 e. The number of aromatic nitrogens is 2. The van der Waals surface area contributed by atoms with E-state index in [9.17, 15) is 4.79 Å². The van der Waals surface area contributed by atoms with Crippen LogP contribution in [0.4, 0.5) is 5.13 Å². The monoisotopic (exact) mass is 418 g/mol. The van der Waals surface area contributed by atoms with Crippen molar-refractivity contribution in [3.05, 3.63) is 47.6 Å². The Labute approximate surface area is 171 Å². The van der Waals surface area contributed by atoms with Crippen molar-refractivity contribution in [1.82, 2.24) is 14.9 Å². The Morgan fingerprint density at radius 3 is 2.67 bits per heavy atom. The molecule has 0 N–H and O–H groups in total. The van der Waals surface area contributed by atoms with E-state index in [0.717, 1.165) is 57.3 Å². The lowest BCUT2D eigenvalue weighted by Gasteiger charge is -2.34. The van der Waals surface area contributed by atoms with Gasteiger partial charge in [0.15, 0.2) is 5.13 Å². The largest absolute Gasteiger partial charge is 0.344 e. The van der Waals surface area contributed by atoms with Gasteiger partial charge in [-0.15, -0.1) is 11.8 Å². The first-order valence-corrected chi connectivity index (χ1v) is 11.0. The van der Waals surface area contributed by atoms with Crippen LogP contribution in [0.15, 0.2) is 47.5 Å². The van der Waals surface area contributed by atoms with Crippen LogP contribution < -0.4 is 4.90 Å². The van der Waals surface area contributed by atoms with E-state index in [1.165, 1.54) is 0 Å². The second-order valence-electron chi connectivity index (χ2n) is 6.24. The second kappa shape index (κ2) is 8.46. The Balaban J connectivity index is 1.25. The van der Waals surface area contributed by atoms with Crippen molar-refractivity contribution in [3.8, 4) is 0 Å². The minimum Gasteiger partial charge on any atom is -0.344 e. The maximum Gasteiger partial charge on any atom is 0.223 e. The summed E-state index contributed by atoms with van der Waals surface area (Å²) in [6.45, 7) is 3.12. The number of amides is 1. The van der Waals surface area contributed by atoms with Gasteiger partial charge in [0, 0.05) is 54.5 Å². The van der Waals surface area contributed by atoms with E-state index < -0.39 is 0 Å². The molecule has 0 saturated carbocycles. The minimum absolute atomic E-state index is 0.224. The first-order valence-electron chi connectivity index (χ1n) is 8.82. The predicted molar refractivity (Wildman–Crippen MR) is 113 cm³/mol. The number of thiazole rings is 1. The Morgan fingerprint density at radius 2 is 1.93 bits per heavy atom. The molecule has 0 unspecified atom stereocenters. The molecule has 1 aliphatic heterocycles. The molecule has 3 heterocycles. The molecule has 0 bridgehead atoms. The van der Waals surface area contributed by atoms with Gasteiger partial charge in [0.2, 0.25) is 5.91 Å². The van der Waals surface area contributed by atoms with Gasteiger partial charge in [-0.3, -0.25) is 4.79 Å². The quantitative estimate of drug-likeness (QED) is 0.582. The summed E-state index contributed by atoms with van der Waals surface area (Å²) in [6, 6.07) is 11.6. The number of hydrogen-bond acceptors (Lipinski definition) is 6. The number of carbonyl (C=O) groups is 1. The summed E-state index contributed by atoms with van der Waals surface area (Å²) in [5.41, 5.74) is 0.940. The number of rotatable bonds is 5. The lowest BCUT2D eigenvalue weighted by Crippen LogP contribution is -2.48. The van der Waals surface area contributed by atoms with Crippen LogP contribution >= 0.6 is 34.7 Å². The van der Waals surface area contributed by atoms with E-state index in [1.54, 1.807) is 29.3 Å². The first kappa shape index (κ1) is 18.5. The van der Waals surface area contributed by atoms with Gasteiger partial charge in [0.25, 0.3) is 0 Å². The van der Waals surface area contributed by atoms with E-state index in [4.69, 9.17) is 11.6 Å². The molecule has 4 rings (SSSR count). The maximum absolute atomic E-state index is 12.5. The number of hydrogen-bond donors (Lipinski definition) is 0. The van der Waals surface area contributed by atoms with Crippen molar-refractivity contribution in [3.63, 3.8) is 0 Å². The Bertz CT molecular complexity index is 890. The summed E-state index contributed by atoms with van der Waals surface area (Å²) in [6.07, 6.45) is 2.35. The molecule has 2 aromatic heterocycles. The first-order chi connectivity index (χ1) is 13.2. The molecule has 1 aliphatic rings. The zero-order chi connectivity index (χ0) is 18.6. The number of benzene rings is 1. The summed E-state index contributed by atoms with van der Waals surface area (Å²) in [4.78, 5) is 27.8. The molecule has 0 spiro atoms. The lowest BCUT2D eigenvalue weighted by molar-refractivity contribution is -0.131. The fourth-order valence-corrected chi connectivity index (χ4v) is 4.91. The van der Waals surface area contributed by atoms with Gasteiger partial charge < -0.3 is 9.80 Å². The molecule has 140 valence electrons. The number of nitrogens with zero attached hydrogens (tertiary/aromatic N) is 4. The van der Waals surface area contributed by atoms with Crippen LogP contribution in [0.2, 0.25) is 5.02 Å². The Kier molecular flexibility index (Phi) is 5.80. The van der Waals surface area contributed by atoms with Crippen molar-refractivity contribution in [2.24, 2.45) is 0 Å². The highest BCUT2D eigenvalue weighted by atomic mass is 35.5. The molecule has 8 heteroatoms. The molecule has 0 radical (unpaired) electrons. The highest BCUT2D eigenvalue weighted by molar-refractivity contribution is 7.99. The highest BCUT2D eigenvalue weighted by Gasteiger charge is 2.23. The van der Waals surface area contributed by atoms with E-state index in [0.29, 0.717) is 6.42 Å². The Morgan fingerprint density at radius 1 is 1.15 bits per heavy atom. The third-order valence-corrected chi connectivity index (χ3v) is 6.76. The van der Waals surface area contributed by atoms with Crippen molar-refractivity contribution < 1.29 is 4.79 Å². The molecular weight excluding hydrogens is 400 g/mol. The summed E-state index contributed by atoms with van der Waals surface area (Å²) < 4.78 is 0. The van der Waals surface area contributed by atoms with Crippen molar-refractivity contribution >= 4 is 56.1 Å². The molecule has 1 aromatic carbocycles. The fourth-order valence-electron chi connectivity index (χ4n) is 2.99. The molecule has 5 nitrogen and oxygen atoms in total. The van der Waals surface area contributed by atoms with Crippen LogP contribution in [0, 0.1) is 0 Å². The fraction of sp³-hybridized carbons (Fsp3) is 0.316. The van der Waals surface area contributed by atoms with Gasteiger partial charge in [0.1, 0.15) is 10.3 Å². The number of carbonyl (C=O) groups excluding carboxylic acids is 1. The Hall–Kier alpha value is -1.83. The van der Waals surface area contributed by atoms with Crippen LogP contribution in [-0.2, 0) is 4.79 Å². The SMILES string of the molecule is O=C(CCSc1ccc(Cl)cc1)N1CCN(c2nc3cccnc3s2)CC1. The summed E-state index contributed by atoms with van der Waals surface area (Å²) >= 11 is 9.20.